The van der Waals surface area contributed by atoms with Crippen molar-refractivity contribution < 1.29 is 0 Å². The van der Waals surface area contributed by atoms with Crippen LogP contribution in [0.2, 0.25) is 10.0 Å². The lowest BCUT2D eigenvalue weighted by molar-refractivity contribution is 1.08. The molecule has 0 aliphatic rings. The smallest absolute Gasteiger partial charge is 0.237 e. The van der Waals surface area contributed by atoms with Gasteiger partial charge in [-0.2, -0.15) is 0 Å². The summed E-state index contributed by atoms with van der Waals surface area (Å²) in [7, 11) is 0. The SMILES string of the molecule is Cc1cc(-c2cc(Cl)ccc2Cl)nc(NN)n1. The van der Waals surface area contributed by atoms with Gasteiger partial charge in [0.25, 0.3) is 0 Å². The van der Waals surface area contributed by atoms with Crippen molar-refractivity contribution in [2.45, 2.75) is 6.92 Å². The summed E-state index contributed by atoms with van der Waals surface area (Å²) in [5.74, 6) is 5.64. The summed E-state index contributed by atoms with van der Waals surface area (Å²) < 4.78 is 0. The van der Waals surface area contributed by atoms with E-state index < -0.39 is 0 Å². The van der Waals surface area contributed by atoms with Crippen molar-refractivity contribution in [1.82, 2.24) is 9.97 Å². The fourth-order valence-electron chi connectivity index (χ4n) is 1.46. The maximum absolute atomic E-state index is 6.11. The predicted molar refractivity (Wildman–Crippen MR) is 70.0 cm³/mol. The second kappa shape index (κ2) is 4.87. The van der Waals surface area contributed by atoms with Crippen LogP contribution in [-0.4, -0.2) is 9.97 Å². The highest BCUT2D eigenvalue weighted by Crippen LogP contribution is 2.29. The number of hydrazine groups is 1. The highest BCUT2D eigenvalue weighted by Gasteiger charge is 2.08. The van der Waals surface area contributed by atoms with E-state index in [0.717, 1.165) is 11.3 Å². The van der Waals surface area contributed by atoms with Gasteiger partial charge in [0.15, 0.2) is 0 Å². The van der Waals surface area contributed by atoms with E-state index in [1.54, 1.807) is 18.2 Å². The molecule has 0 fully saturated rings. The zero-order chi connectivity index (χ0) is 12.4. The topological polar surface area (TPSA) is 63.8 Å². The van der Waals surface area contributed by atoms with Crippen LogP contribution in [0.15, 0.2) is 24.3 Å². The maximum Gasteiger partial charge on any atom is 0.237 e. The van der Waals surface area contributed by atoms with Gasteiger partial charge < -0.3 is 0 Å². The van der Waals surface area contributed by atoms with Crippen LogP contribution < -0.4 is 11.3 Å². The molecule has 1 aromatic carbocycles. The Morgan fingerprint density at radius 3 is 2.65 bits per heavy atom. The molecular weight excluding hydrogens is 259 g/mol. The van der Waals surface area contributed by atoms with Crippen molar-refractivity contribution in [2.24, 2.45) is 5.84 Å². The predicted octanol–water partition coefficient (Wildman–Crippen LogP) is 3.04. The summed E-state index contributed by atoms with van der Waals surface area (Å²) in [6.45, 7) is 1.85. The molecule has 1 heterocycles. The summed E-state index contributed by atoms with van der Waals surface area (Å²) in [5.41, 5.74) is 4.63. The van der Waals surface area contributed by atoms with Gasteiger partial charge in [-0.3, -0.25) is 5.43 Å². The average molecular weight is 269 g/mol. The highest BCUT2D eigenvalue weighted by atomic mass is 35.5. The number of nitrogens with zero attached hydrogens (tertiary/aromatic N) is 2. The molecule has 0 bridgehead atoms. The molecule has 1 aromatic heterocycles. The fourth-order valence-corrected chi connectivity index (χ4v) is 1.85. The third-order valence-electron chi connectivity index (χ3n) is 2.19. The Bertz CT molecular complexity index is 557. The maximum atomic E-state index is 6.11. The largest absolute Gasteiger partial charge is 0.292 e. The molecular formula is C11H10Cl2N4. The lowest BCUT2D eigenvalue weighted by Gasteiger charge is -2.07. The normalized spacial score (nSPS) is 10.4. The van der Waals surface area contributed by atoms with E-state index in [2.05, 4.69) is 15.4 Å². The number of hydrogen-bond acceptors (Lipinski definition) is 4. The van der Waals surface area contributed by atoms with Crippen molar-refractivity contribution in [1.29, 1.82) is 0 Å². The van der Waals surface area contributed by atoms with Gasteiger partial charge in [-0.1, -0.05) is 23.2 Å². The minimum absolute atomic E-state index is 0.344. The van der Waals surface area contributed by atoms with Gasteiger partial charge in [0.2, 0.25) is 5.95 Å². The molecule has 0 saturated carbocycles. The Balaban J connectivity index is 2.59. The van der Waals surface area contributed by atoms with Gasteiger partial charge in [-0.15, -0.1) is 0 Å². The molecule has 2 rings (SSSR count). The van der Waals surface area contributed by atoms with Crippen molar-refractivity contribution in [3.63, 3.8) is 0 Å². The van der Waals surface area contributed by atoms with Gasteiger partial charge in [0.05, 0.1) is 10.7 Å². The standard InChI is InChI=1S/C11H10Cl2N4/c1-6-4-10(16-11(15-6)17-14)8-5-7(12)2-3-9(8)13/h2-5H,14H2,1H3,(H,15,16,17). The molecule has 0 unspecified atom stereocenters. The number of rotatable bonds is 2. The van der Waals surface area contributed by atoms with E-state index in [4.69, 9.17) is 29.0 Å². The molecule has 3 N–H and O–H groups in total. The van der Waals surface area contributed by atoms with E-state index >= 15 is 0 Å². The Kier molecular flexibility index (Phi) is 3.47. The fraction of sp³-hybridized carbons (Fsp3) is 0.0909. The van der Waals surface area contributed by atoms with Crippen LogP contribution in [0.4, 0.5) is 5.95 Å². The summed E-state index contributed by atoms with van der Waals surface area (Å²) in [6, 6.07) is 7.03. The lowest BCUT2D eigenvalue weighted by atomic mass is 10.1. The van der Waals surface area contributed by atoms with E-state index in [0.29, 0.717) is 21.7 Å². The number of aryl methyl sites for hydroxylation is 1. The molecule has 0 spiro atoms. The molecule has 0 aliphatic heterocycles. The Labute approximate surface area is 109 Å². The first-order valence-electron chi connectivity index (χ1n) is 4.88. The molecule has 6 heteroatoms. The van der Waals surface area contributed by atoms with Crippen LogP contribution in [0, 0.1) is 6.92 Å². The Morgan fingerprint density at radius 2 is 1.94 bits per heavy atom. The molecule has 0 atom stereocenters. The van der Waals surface area contributed by atoms with Gasteiger partial charge in [0.1, 0.15) is 0 Å². The number of nitrogens with two attached hydrogens (primary N) is 1. The summed E-state index contributed by atoms with van der Waals surface area (Å²) in [4.78, 5) is 8.34. The Hall–Kier alpha value is -1.36. The minimum atomic E-state index is 0.344. The molecule has 17 heavy (non-hydrogen) atoms. The number of nitrogen functional groups attached to an aromatic ring is 1. The van der Waals surface area contributed by atoms with E-state index in [-0.39, 0.29) is 0 Å². The van der Waals surface area contributed by atoms with E-state index in [9.17, 15) is 0 Å². The zero-order valence-corrected chi connectivity index (χ0v) is 10.5. The van der Waals surface area contributed by atoms with Gasteiger partial charge in [-0.05, 0) is 31.2 Å². The van der Waals surface area contributed by atoms with Gasteiger partial charge >= 0.3 is 0 Å². The molecule has 0 radical (unpaired) electrons. The number of aromatic nitrogens is 2. The number of hydrogen-bond donors (Lipinski definition) is 2. The van der Waals surface area contributed by atoms with Crippen LogP contribution in [0.5, 0.6) is 0 Å². The van der Waals surface area contributed by atoms with E-state index in [1.165, 1.54) is 0 Å². The third-order valence-corrected chi connectivity index (χ3v) is 2.75. The highest BCUT2D eigenvalue weighted by molar-refractivity contribution is 6.35. The van der Waals surface area contributed by atoms with Crippen molar-refractivity contribution in [2.75, 3.05) is 5.43 Å². The lowest BCUT2D eigenvalue weighted by Crippen LogP contribution is -2.11. The first kappa shape index (κ1) is 12.1. The van der Waals surface area contributed by atoms with Crippen molar-refractivity contribution >= 4 is 29.2 Å². The first-order chi connectivity index (χ1) is 8.10. The van der Waals surface area contributed by atoms with E-state index in [1.807, 2.05) is 13.0 Å². The van der Waals surface area contributed by atoms with Crippen LogP contribution in [0.25, 0.3) is 11.3 Å². The van der Waals surface area contributed by atoms with Crippen molar-refractivity contribution in [3.05, 3.63) is 40.0 Å². The van der Waals surface area contributed by atoms with Crippen LogP contribution in [0.3, 0.4) is 0 Å². The molecule has 2 aromatic rings. The number of benzene rings is 1. The molecule has 0 amide bonds. The van der Waals surface area contributed by atoms with Gasteiger partial charge in [-0.25, -0.2) is 15.8 Å². The van der Waals surface area contributed by atoms with Crippen molar-refractivity contribution in [3.8, 4) is 11.3 Å². The molecule has 0 saturated heterocycles. The number of nitrogens with one attached hydrogen (secondary N) is 1. The second-order valence-electron chi connectivity index (χ2n) is 3.49. The first-order valence-corrected chi connectivity index (χ1v) is 5.63. The minimum Gasteiger partial charge on any atom is -0.292 e. The van der Waals surface area contributed by atoms with Crippen LogP contribution >= 0.6 is 23.2 Å². The monoisotopic (exact) mass is 268 g/mol. The summed E-state index contributed by atoms with van der Waals surface area (Å²) >= 11 is 12.0. The van der Waals surface area contributed by atoms with Crippen LogP contribution in [0.1, 0.15) is 5.69 Å². The van der Waals surface area contributed by atoms with Gasteiger partial charge in [0, 0.05) is 16.3 Å². The quantitative estimate of drug-likeness (QED) is 0.649. The number of halogens is 2. The number of anilines is 1. The summed E-state index contributed by atoms with van der Waals surface area (Å²) in [6.07, 6.45) is 0. The molecule has 0 aliphatic carbocycles. The molecule has 88 valence electrons. The van der Waals surface area contributed by atoms with Crippen LogP contribution in [-0.2, 0) is 0 Å². The second-order valence-corrected chi connectivity index (χ2v) is 4.33. The Morgan fingerprint density at radius 1 is 1.18 bits per heavy atom. The molecule has 4 nitrogen and oxygen atoms in total. The third kappa shape index (κ3) is 2.66. The average Bonchev–Trinajstić information content (AvgIpc) is 2.31. The summed E-state index contributed by atoms with van der Waals surface area (Å²) in [5, 5.41) is 1.18. The zero-order valence-electron chi connectivity index (χ0n) is 9.04.